The number of nitrogens with one attached hydrogen (secondary N) is 1. The first-order chi connectivity index (χ1) is 16.7. The van der Waals surface area contributed by atoms with Crippen molar-refractivity contribution in [3.05, 3.63) is 74.7 Å². The fourth-order valence-corrected chi connectivity index (χ4v) is 4.85. The van der Waals surface area contributed by atoms with E-state index in [4.69, 9.17) is 17.3 Å². The van der Waals surface area contributed by atoms with Crippen molar-refractivity contribution in [3.8, 4) is 5.69 Å². The van der Waals surface area contributed by atoms with Crippen LogP contribution in [-0.2, 0) is 6.61 Å². The van der Waals surface area contributed by atoms with Gasteiger partial charge in [0.25, 0.3) is 0 Å². The van der Waals surface area contributed by atoms with Crippen LogP contribution in [0, 0.1) is 11.6 Å². The van der Waals surface area contributed by atoms with Gasteiger partial charge in [0, 0.05) is 37.6 Å². The second-order valence-electron chi connectivity index (χ2n) is 8.34. The Balaban J connectivity index is 1.74. The van der Waals surface area contributed by atoms with Crippen LogP contribution in [0.25, 0.3) is 16.6 Å². The Labute approximate surface area is 202 Å². The standard InChI is InChI=1S/C23H20ClF2N5O4/c24-19-20-13(5-16(26)21(19)29-7-12(8-29)31-3-1-2-28-31)22(33)14(23(34)35)9-30(20)18-6-17(27)15(25)4-11(18)10-32/h1,3-6,9,12,28,32H,2,7-8,10,27H2,(H,34,35). The molecule has 182 valence electrons. The SMILES string of the molecule is Nc1cc(-n2cc(C(=O)O)c(=O)c3cc(F)c(N4CC(N5C=CCN5)C4)c(Cl)c32)c(CO)cc1F. The number of anilines is 2. The summed E-state index contributed by atoms with van der Waals surface area (Å²) in [5.74, 6) is -3.10. The van der Waals surface area contributed by atoms with E-state index in [0.717, 1.165) is 18.3 Å². The normalized spacial score (nSPS) is 15.8. The fourth-order valence-electron chi connectivity index (χ4n) is 4.45. The zero-order valence-electron chi connectivity index (χ0n) is 18.1. The summed E-state index contributed by atoms with van der Waals surface area (Å²) >= 11 is 6.69. The van der Waals surface area contributed by atoms with Gasteiger partial charge in [0.1, 0.15) is 17.2 Å². The van der Waals surface area contributed by atoms with Crippen molar-refractivity contribution in [2.75, 3.05) is 30.3 Å². The summed E-state index contributed by atoms with van der Waals surface area (Å²) in [5, 5.41) is 20.9. The van der Waals surface area contributed by atoms with Gasteiger partial charge in [0.05, 0.1) is 45.6 Å². The van der Waals surface area contributed by atoms with E-state index in [-0.39, 0.29) is 44.6 Å². The highest BCUT2D eigenvalue weighted by Crippen LogP contribution is 2.39. The van der Waals surface area contributed by atoms with Crippen molar-refractivity contribution >= 4 is 39.8 Å². The summed E-state index contributed by atoms with van der Waals surface area (Å²) in [6, 6.07) is 3.23. The number of fused-ring (bicyclic) bond motifs is 1. The molecular weight excluding hydrogens is 484 g/mol. The van der Waals surface area contributed by atoms with Gasteiger partial charge in [0.2, 0.25) is 5.43 Å². The van der Waals surface area contributed by atoms with Crippen LogP contribution in [0.3, 0.4) is 0 Å². The zero-order valence-corrected chi connectivity index (χ0v) is 18.9. The Bertz CT molecular complexity index is 1470. The number of aromatic nitrogens is 1. The summed E-state index contributed by atoms with van der Waals surface area (Å²) in [7, 11) is 0. The number of benzene rings is 2. The highest BCUT2D eigenvalue weighted by atomic mass is 35.5. The maximum atomic E-state index is 15.3. The Kier molecular flexibility index (Phi) is 5.62. The molecule has 35 heavy (non-hydrogen) atoms. The summed E-state index contributed by atoms with van der Waals surface area (Å²) < 4.78 is 30.6. The first-order valence-corrected chi connectivity index (χ1v) is 11.0. The number of hydrogen-bond acceptors (Lipinski definition) is 7. The van der Waals surface area contributed by atoms with E-state index in [1.807, 2.05) is 17.3 Å². The Morgan fingerprint density at radius 2 is 1.97 bits per heavy atom. The molecule has 5 rings (SSSR count). The van der Waals surface area contributed by atoms with E-state index in [0.29, 0.717) is 19.6 Å². The second kappa shape index (κ2) is 8.52. The van der Waals surface area contributed by atoms with Crippen molar-refractivity contribution in [2.45, 2.75) is 12.6 Å². The van der Waals surface area contributed by atoms with Crippen LogP contribution in [0.4, 0.5) is 20.2 Å². The van der Waals surface area contributed by atoms with Gasteiger partial charge in [-0.25, -0.2) is 19.0 Å². The molecule has 3 aromatic rings. The van der Waals surface area contributed by atoms with Crippen molar-refractivity contribution in [2.24, 2.45) is 0 Å². The number of nitrogen functional groups attached to an aromatic ring is 1. The predicted molar refractivity (Wildman–Crippen MR) is 127 cm³/mol. The third-order valence-electron chi connectivity index (χ3n) is 6.24. The summed E-state index contributed by atoms with van der Waals surface area (Å²) in [5.41, 5.74) is 7.29. The van der Waals surface area contributed by atoms with Crippen LogP contribution >= 0.6 is 11.6 Å². The molecule has 0 radical (unpaired) electrons. The number of carboxylic acids is 1. The fraction of sp³-hybridized carbons (Fsp3) is 0.217. The maximum absolute atomic E-state index is 15.3. The van der Waals surface area contributed by atoms with Crippen molar-refractivity contribution < 1.29 is 23.8 Å². The molecule has 1 aromatic heterocycles. The highest BCUT2D eigenvalue weighted by Gasteiger charge is 2.35. The molecule has 0 aliphatic carbocycles. The Morgan fingerprint density at radius 3 is 2.60 bits per heavy atom. The molecule has 0 bridgehead atoms. The molecule has 2 aromatic carbocycles. The average Bonchev–Trinajstić information content (AvgIpc) is 3.31. The average molecular weight is 504 g/mol. The number of aliphatic hydroxyl groups is 1. The highest BCUT2D eigenvalue weighted by molar-refractivity contribution is 6.38. The third kappa shape index (κ3) is 3.68. The Morgan fingerprint density at radius 1 is 1.23 bits per heavy atom. The maximum Gasteiger partial charge on any atom is 0.341 e. The van der Waals surface area contributed by atoms with Crippen LogP contribution in [0.5, 0.6) is 0 Å². The van der Waals surface area contributed by atoms with E-state index < -0.39 is 35.2 Å². The molecule has 2 aliphatic heterocycles. The van der Waals surface area contributed by atoms with Gasteiger partial charge < -0.3 is 30.4 Å². The van der Waals surface area contributed by atoms with Crippen molar-refractivity contribution in [3.63, 3.8) is 0 Å². The van der Waals surface area contributed by atoms with Crippen LogP contribution in [-0.4, -0.2) is 51.4 Å². The van der Waals surface area contributed by atoms with Gasteiger partial charge >= 0.3 is 5.97 Å². The molecule has 0 spiro atoms. The molecule has 5 N–H and O–H groups in total. The summed E-state index contributed by atoms with van der Waals surface area (Å²) in [6.45, 7) is 0.983. The van der Waals surface area contributed by atoms with E-state index in [1.54, 1.807) is 4.90 Å². The lowest BCUT2D eigenvalue weighted by Crippen LogP contribution is -2.60. The molecular formula is C23H20ClF2N5O4. The lowest BCUT2D eigenvalue weighted by Gasteiger charge is -2.45. The lowest BCUT2D eigenvalue weighted by molar-refractivity contribution is 0.0695. The first-order valence-electron chi connectivity index (χ1n) is 10.6. The number of pyridine rings is 1. The quantitative estimate of drug-likeness (QED) is 0.391. The minimum absolute atomic E-state index is 0.0152. The van der Waals surface area contributed by atoms with E-state index in [2.05, 4.69) is 5.43 Å². The largest absolute Gasteiger partial charge is 0.477 e. The third-order valence-corrected chi connectivity index (χ3v) is 6.60. The topological polar surface area (TPSA) is 124 Å². The number of halogens is 3. The number of aromatic carboxylic acids is 1. The summed E-state index contributed by atoms with van der Waals surface area (Å²) in [6.07, 6.45) is 4.88. The number of nitrogens with zero attached hydrogens (tertiary/aromatic N) is 3. The minimum Gasteiger partial charge on any atom is -0.477 e. The number of hydrogen-bond donors (Lipinski definition) is 4. The molecule has 0 atom stereocenters. The molecule has 0 amide bonds. The van der Waals surface area contributed by atoms with Gasteiger partial charge in [0.15, 0.2) is 0 Å². The minimum atomic E-state index is -1.54. The lowest BCUT2D eigenvalue weighted by atomic mass is 10.0. The second-order valence-corrected chi connectivity index (χ2v) is 8.72. The van der Waals surface area contributed by atoms with Gasteiger partial charge in [-0.1, -0.05) is 17.7 Å². The molecule has 0 saturated carbocycles. The number of hydrazine groups is 1. The monoisotopic (exact) mass is 503 g/mol. The number of carbonyl (C=O) groups is 1. The molecule has 2 aliphatic rings. The first kappa shape index (κ1) is 23.1. The molecule has 9 nitrogen and oxygen atoms in total. The van der Waals surface area contributed by atoms with Crippen molar-refractivity contribution in [1.82, 2.24) is 15.0 Å². The van der Waals surface area contributed by atoms with E-state index >= 15 is 4.39 Å². The van der Waals surface area contributed by atoms with Crippen LogP contribution < -0.4 is 21.5 Å². The zero-order chi connectivity index (χ0) is 25.0. The van der Waals surface area contributed by atoms with Gasteiger partial charge in [-0.3, -0.25) is 4.79 Å². The number of nitrogens with two attached hydrogens (primary N) is 1. The smallest absolute Gasteiger partial charge is 0.341 e. The number of rotatable bonds is 5. The Hall–Kier alpha value is -3.67. The van der Waals surface area contributed by atoms with Crippen LogP contribution in [0.1, 0.15) is 15.9 Å². The molecule has 12 heteroatoms. The predicted octanol–water partition coefficient (Wildman–Crippen LogP) is 2.22. The molecule has 0 unspecified atom stereocenters. The molecule has 1 fully saturated rings. The molecule has 3 heterocycles. The number of carboxylic acid groups (broad SMARTS) is 1. The van der Waals surface area contributed by atoms with Crippen molar-refractivity contribution in [1.29, 1.82) is 0 Å². The van der Waals surface area contributed by atoms with Gasteiger partial charge in [-0.2, -0.15) is 0 Å². The molecule has 1 saturated heterocycles. The van der Waals surface area contributed by atoms with Gasteiger partial charge in [-0.05, 0) is 18.2 Å². The summed E-state index contributed by atoms with van der Waals surface area (Å²) in [4.78, 5) is 26.4. The van der Waals surface area contributed by atoms with Crippen LogP contribution in [0.2, 0.25) is 5.02 Å². The van der Waals surface area contributed by atoms with E-state index in [9.17, 15) is 24.2 Å². The van der Waals surface area contributed by atoms with Gasteiger partial charge in [-0.15, -0.1) is 0 Å². The van der Waals surface area contributed by atoms with Crippen LogP contribution in [0.15, 0.2) is 41.5 Å². The number of aliphatic hydroxyl groups excluding tert-OH is 1. The van der Waals surface area contributed by atoms with E-state index in [1.165, 1.54) is 10.6 Å².